The summed E-state index contributed by atoms with van der Waals surface area (Å²) >= 11 is 0. The Labute approximate surface area is 106 Å². The van der Waals surface area contributed by atoms with Gasteiger partial charge in [-0.2, -0.15) is 5.10 Å². The molecule has 2 rings (SSSR count). The van der Waals surface area contributed by atoms with Crippen molar-refractivity contribution in [1.82, 2.24) is 14.9 Å². The average Bonchev–Trinajstić information content (AvgIpc) is 2.82. The maximum atomic E-state index is 6.08. The van der Waals surface area contributed by atoms with Crippen LogP contribution < -0.4 is 11.1 Å². The first kappa shape index (κ1) is 12.5. The summed E-state index contributed by atoms with van der Waals surface area (Å²) in [5.74, 6) is 1.89. The highest BCUT2D eigenvalue weighted by Gasteiger charge is 2.15. The molecule has 0 aliphatic heterocycles. The smallest absolute Gasteiger partial charge is 0.156 e. The molecule has 0 saturated carbocycles. The zero-order valence-electron chi connectivity index (χ0n) is 11.2. The van der Waals surface area contributed by atoms with Crippen LogP contribution in [0, 0.1) is 6.92 Å². The maximum absolute atomic E-state index is 6.08. The minimum atomic E-state index is 0.305. The highest BCUT2D eigenvalue weighted by molar-refractivity contribution is 5.65. The van der Waals surface area contributed by atoms with E-state index in [9.17, 15) is 0 Å². The number of nitrogens with two attached hydrogens (primary N) is 1. The predicted molar refractivity (Wildman–Crippen MR) is 70.3 cm³/mol. The Hall–Kier alpha value is -1.98. The van der Waals surface area contributed by atoms with Crippen LogP contribution in [0.15, 0.2) is 10.6 Å². The lowest BCUT2D eigenvalue weighted by Crippen LogP contribution is -2.05. The molecule has 6 nitrogen and oxygen atoms in total. The van der Waals surface area contributed by atoms with Gasteiger partial charge in [-0.25, -0.2) is 0 Å². The predicted octanol–water partition coefficient (Wildman–Crippen LogP) is 2.03. The molecule has 0 aromatic carbocycles. The van der Waals surface area contributed by atoms with E-state index in [1.54, 1.807) is 4.68 Å². The van der Waals surface area contributed by atoms with Crippen LogP contribution in [0.25, 0.3) is 0 Å². The molecule has 2 aromatic heterocycles. The molecule has 0 amide bonds. The number of nitrogens with zero attached hydrogens (tertiary/aromatic N) is 3. The van der Waals surface area contributed by atoms with Crippen molar-refractivity contribution in [1.29, 1.82) is 0 Å². The van der Waals surface area contributed by atoms with E-state index in [4.69, 9.17) is 10.3 Å². The summed E-state index contributed by atoms with van der Waals surface area (Å²) < 4.78 is 6.89. The van der Waals surface area contributed by atoms with Gasteiger partial charge in [0.1, 0.15) is 5.82 Å². The van der Waals surface area contributed by atoms with Crippen molar-refractivity contribution in [3.8, 4) is 0 Å². The lowest BCUT2D eigenvalue weighted by molar-refractivity contribution is 0.384. The van der Waals surface area contributed by atoms with Gasteiger partial charge in [-0.05, 0) is 12.8 Å². The van der Waals surface area contributed by atoms with E-state index in [1.165, 1.54) is 0 Å². The van der Waals surface area contributed by atoms with Crippen molar-refractivity contribution < 1.29 is 4.52 Å². The van der Waals surface area contributed by atoms with Crippen LogP contribution in [0.1, 0.15) is 36.9 Å². The fourth-order valence-electron chi connectivity index (χ4n) is 1.87. The molecule has 0 radical (unpaired) electrons. The molecule has 0 spiro atoms. The molecular formula is C12H19N5O. The van der Waals surface area contributed by atoms with Crippen molar-refractivity contribution >= 4 is 11.5 Å². The third kappa shape index (κ3) is 2.32. The van der Waals surface area contributed by atoms with E-state index in [0.717, 1.165) is 23.0 Å². The van der Waals surface area contributed by atoms with Crippen LogP contribution in [0.2, 0.25) is 0 Å². The van der Waals surface area contributed by atoms with Gasteiger partial charge in [-0.3, -0.25) is 4.68 Å². The lowest BCUT2D eigenvalue weighted by atomic mass is 10.1. The lowest BCUT2D eigenvalue weighted by Gasteiger charge is -2.05. The summed E-state index contributed by atoms with van der Waals surface area (Å²) in [6, 6.07) is 1.89. The summed E-state index contributed by atoms with van der Waals surface area (Å²) in [4.78, 5) is 0. The van der Waals surface area contributed by atoms with E-state index >= 15 is 0 Å². The van der Waals surface area contributed by atoms with Gasteiger partial charge in [-0.15, -0.1) is 0 Å². The summed E-state index contributed by atoms with van der Waals surface area (Å²) in [5, 5.41) is 11.5. The Balaban J connectivity index is 2.14. The SMILES string of the molecule is Cc1cc(CNc2c(N)c(C(C)C)nn2C)on1. The second kappa shape index (κ2) is 4.72. The van der Waals surface area contributed by atoms with Crippen molar-refractivity contribution in [2.24, 2.45) is 7.05 Å². The summed E-state index contributed by atoms with van der Waals surface area (Å²) in [6.45, 7) is 6.58. The normalized spacial score (nSPS) is 11.2. The Morgan fingerprint density at radius 2 is 2.22 bits per heavy atom. The molecule has 0 atom stereocenters. The summed E-state index contributed by atoms with van der Waals surface area (Å²) in [5.41, 5.74) is 8.56. The Morgan fingerprint density at radius 3 is 2.72 bits per heavy atom. The first-order valence-electron chi connectivity index (χ1n) is 5.97. The van der Waals surface area contributed by atoms with Crippen molar-refractivity contribution in [3.05, 3.63) is 23.2 Å². The molecule has 0 saturated heterocycles. The Bertz CT molecular complexity index is 541. The van der Waals surface area contributed by atoms with Gasteiger partial charge < -0.3 is 15.6 Å². The topological polar surface area (TPSA) is 81.9 Å². The molecule has 98 valence electrons. The molecule has 0 aliphatic carbocycles. The number of nitrogens with one attached hydrogen (secondary N) is 1. The average molecular weight is 249 g/mol. The third-order valence-electron chi connectivity index (χ3n) is 2.77. The number of nitrogen functional groups attached to an aromatic ring is 1. The van der Waals surface area contributed by atoms with Crippen LogP contribution >= 0.6 is 0 Å². The first-order chi connectivity index (χ1) is 8.49. The minimum Gasteiger partial charge on any atom is -0.394 e. The number of rotatable bonds is 4. The molecule has 0 aliphatic rings. The number of aryl methyl sites for hydroxylation is 2. The molecule has 0 bridgehead atoms. The zero-order valence-corrected chi connectivity index (χ0v) is 11.2. The number of aromatic nitrogens is 3. The van der Waals surface area contributed by atoms with E-state index in [-0.39, 0.29) is 0 Å². The molecule has 0 unspecified atom stereocenters. The summed E-state index contributed by atoms with van der Waals surface area (Å²) in [6.07, 6.45) is 0. The molecule has 2 aromatic rings. The van der Waals surface area contributed by atoms with Gasteiger partial charge in [0.05, 0.1) is 23.6 Å². The van der Waals surface area contributed by atoms with Crippen LogP contribution in [0.5, 0.6) is 0 Å². The summed E-state index contributed by atoms with van der Waals surface area (Å²) in [7, 11) is 1.87. The second-order valence-corrected chi connectivity index (χ2v) is 4.71. The fourth-order valence-corrected chi connectivity index (χ4v) is 1.87. The molecule has 18 heavy (non-hydrogen) atoms. The number of anilines is 2. The fraction of sp³-hybridized carbons (Fsp3) is 0.500. The monoisotopic (exact) mass is 249 g/mol. The van der Waals surface area contributed by atoms with Gasteiger partial charge in [0.15, 0.2) is 5.76 Å². The molecule has 2 heterocycles. The van der Waals surface area contributed by atoms with Crippen molar-refractivity contribution in [3.63, 3.8) is 0 Å². The molecule has 6 heteroatoms. The largest absolute Gasteiger partial charge is 0.394 e. The van der Waals surface area contributed by atoms with Gasteiger partial charge in [0.2, 0.25) is 0 Å². The molecule has 3 N–H and O–H groups in total. The highest BCUT2D eigenvalue weighted by Crippen LogP contribution is 2.27. The maximum Gasteiger partial charge on any atom is 0.156 e. The second-order valence-electron chi connectivity index (χ2n) is 4.71. The Morgan fingerprint density at radius 1 is 1.50 bits per heavy atom. The van der Waals surface area contributed by atoms with Crippen LogP contribution in [0.4, 0.5) is 11.5 Å². The minimum absolute atomic E-state index is 0.305. The standard InChI is InChI=1S/C12H19N5O/c1-7(2)11-10(13)12(17(4)15-11)14-6-9-5-8(3)16-18-9/h5,7,14H,6,13H2,1-4H3. The third-order valence-corrected chi connectivity index (χ3v) is 2.77. The van der Waals surface area contributed by atoms with E-state index in [0.29, 0.717) is 18.2 Å². The van der Waals surface area contributed by atoms with Crippen molar-refractivity contribution in [2.45, 2.75) is 33.2 Å². The zero-order chi connectivity index (χ0) is 13.3. The van der Waals surface area contributed by atoms with Gasteiger partial charge in [0, 0.05) is 13.1 Å². The van der Waals surface area contributed by atoms with Crippen LogP contribution in [0.3, 0.4) is 0 Å². The number of hydrogen-bond acceptors (Lipinski definition) is 5. The Kier molecular flexibility index (Phi) is 3.27. The van der Waals surface area contributed by atoms with E-state index in [2.05, 4.69) is 29.4 Å². The van der Waals surface area contributed by atoms with Crippen LogP contribution in [-0.4, -0.2) is 14.9 Å². The van der Waals surface area contributed by atoms with E-state index in [1.807, 2.05) is 20.0 Å². The highest BCUT2D eigenvalue weighted by atomic mass is 16.5. The van der Waals surface area contributed by atoms with Crippen LogP contribution in [-0.2, 0) is 13.6 Å². The van der Waals surface area contributed by atoms with E-state index < -0.39 is 0 Å². The number of hydrogen-bond donors (Lipinski definition) is 2. The quantitative estimate of drug-likeness (QED) is 0.866. The van der Waals surface area contributed by atoms with Crippen molar-refractivity contribution in [2.75, 3.05) is 11.1 Å². The molecule has 0 fully saturated rings. The molecular weight excluding hydrogens is 230 g/mol. The first-order valence-corrected chi connectivity index (χ1v) is 5.97. The van der Waals surface area contributed by atoms with Gasteiger partial charge in [0.25, 0.3) is 0 Å². The van der Waals surface area contributed by atoms with Gasteiger partial charge in [-0.1, -0.05) is 19.0 Å². The van der Waals surface area contributed by atoms with Gasteiger partial charge >= 0.3 is 0 Å².